The van der Waals surface area contributed by atoms with Gasteiger partial charge in [-0.05, 0) is 6.42 Å². The van der Waals surface area contributed by atoms with E-state index >= 15 is 0 Å². The summed E-state index contributed by atoms with van der Waals surface area (Å²) in [7, 11) is 0. The van der Waals surface area contributed by atoms with Crippen molar-refractivity contribution < 1.29 is 4.79 Å². The quantitative estimate of drug-likeness (QED) is 0.889. The molecule has 0 saturated heterocycles. The summed E-state index contributed by atoms with van der Waals surface area (Å²) in [6.07, 6.45) is 1.79. The van der Waals surface area contributed by atoms with Gasteiger partial charge < -0.3 is 0 Å². The number of hydrogen-bond donors (Lipinski definition) is 1. The van der Waals surface area contributed by atoms with Crippen LogP contribution in [0.4, 0.5) is 0 Å². The van der Waals surface area contributed by atoms with Crippen LogP contribution in [-0.2, 0) is 4.79 Å². The Bertz CT molecular complexity index is 601. The summed E-state index contributed by atoms with van der Waals surface area (Å²) in [5, 5.41) is 4.19. The largest absolute Gasteiger partial charge is 0.291 e. The Morgan fingerprint density at radius 1 is 1.21 bits per heavy atom. The Labute approximate surface area is 111 Å². The van der Waals surface area contributed by atoms with Crippen LogP contribution in [-0.4, -0.2) is 29.2 Å². The van der Waals surface area contributed by atoms with Crippen molar-refractivity contribution in [1.29, 1.82) is 0 Å². The number of amidine groups is 1. The molecule has 0 spiro atoms. The number of rotatable bonds is 3. The molecule has 2 aliphatic heterocycles. The molecule has 0 aromatic heterocycles. The Hall–Kier alpha value is -2.30. The maximum absolute atomic E-state index is 12.0. The first-order valence-corrected chi connectivity index (χ1v) is 6.38. The van der Waals surface area contributed by atoms with Crippen LogP contribution in [0.2, 0.25) is 0 Å². The van der Waals surface area contributed by atoms with Crippen LogP contribution in [0, 0.1) is 0 Å². The first-order valence-electron chi connectivity index (χ1n) is 6.38. The first-order chi connectivity index (χ1) is 9.29. The third-order valence-corrected chi connectivity index (χ3v) is 3.11. The molecular weight excluding hydrogens is 240 g/mol. The van der Waals surface area contributed by atoms with Crippen LogP contribution in [0.3, 0.4) is 0 Å². The highest BCUT2D eigenvalue weighted by Gasteiger charge is 2.35. The van der Waals surface area contributed by atoms with Gasteiger partial charge in [0.1, 0.15) is 0 Å². The van der Waals surface area contributed by atoms with Crippen molar-refractivity contribution in [1.82, 2.24) is 5.43 Å². The van der Waals surface area contributed by atoms with Crippen molar-refractivity contribution in [2.45, 2.75) is 25.8 Å². The van der Waals surface area contributed by atoms with Gasteiger partial charge in [-0.1, -0.05) is 43.7 Å². The van der Waals surface area contributed by atoms with Gasteiger partial charge in [-0.2, -0.15) is 10.1 Å². The van der Waals surface area contributed by atoms with Gasteiger partial charge in [0.2, 0.25) is 0 Å². The van der Waals surface area contributed by atoms with E-state index in [1.54, 1.807) is 0 Å². The minimum Gasteiger partial charge on any atom is -0.291 e. The molecule has 1 atom stereocenters. The minimum absolute atomic E-state index is 0.223. The van der Waals surface area contributed by atoms with E-state index in [9.17, 15) is 4.79 Å². The van der Waals surface area contributed by atoms with Gasteiger partial charge in [0.05, 0.1) is 11.4 Å². The SMILES string of the molecule is CCCC1=NNC2C(=O)N=C(c3ccccc3)N=C12. The van der Waals surface area contributed by atoms with Crippen LogP contribution < -0.4 is 5.43 Å². The minimum atomic E-state index is -0.492. The van der Waals surface area contributed by atoms with E-state index < -0.39 is 6.04 Å². The van der Waals surface area contributed by atoms with E-state index in [0.29, 0.717) is 5.84 Å². The molecule has 0 saturated carbocycles. The average Bonchev–Trinajstić information content (AvgIpc) is 2.84. The van der Waals surface area contributed by atoms with Gasteiger partial charge in [-0.15, -0.1) is 0 Å². The Kier molecular flexibility index (Phi) is 2.95. The summed E-state index contributed by atoms with van der Waals surface area (Å²) in [4.78, 5) is 20.6. The van der Waals surface area contributed by atoms with Gasteiger partial charge in [-0.3, -0.25) is 10.2 Å². The number of amides is 1. The maximum atomic E-state index is 12.0. The topological polar surface area (TPSA) is 66.2 Å². The number of nitrogens with one attached hydrogen (secondary N) is 1. The number of hydrogen-bond acceptors (Lipinski definition) is 4. The van der Waals surface area contributed by atoms with Crippen LogP contribution >= 0.6 is 0 Å². The average molecular weight is 254 g/mol. The van der Waals surface area contributed by atoms with Crippen molar-refractivity contribution >= 4 is 23.2 Å². The van der Waals surface area contributed by atoms with Crippen molar-refractivity contribution in [3.8, 4) is 0 Å². The lowest BCUT2D eigenvalue weighted by Crippen LogP contribution is -2.40. The molecule has 1 aromatic carbocycles. The molecule has 0 aliphatic carbocycles. The number of fused-ring (bicyclic) bond motifs is 1. The van der Waals surface area contributed by atoms with Gasteiger partial charge in [0.25, 0.3) is 5.91 Å². The van der Waals surface area contributed by atoms with Crippen LogP contribution in [0.25, 0.3) is 0 Å². The highest BCUT2D eigenvalue weighted by molar-refractivity contribution is 6.51. The van der Waals surface area contributed by atoms with Gasteiger partial charge in [0, 0.05) is 5.56 Å². The molecule has 1 aromatic rings. The molecule has 5 nitrogen and oxygen atoms in total. The zero-order valence-electron chi connectivity index (χ0n) is 10.6. The zero-order chi connectivity index (χ0) is 13.2. The molecule has 3 rings (SSSR count). The number of carbonyl (C=O) groups is 1. The lowest BCUT2D eigenvalue weighted by Gasteiger charge is -2.14. The van der Waals surface area contributed by atoms with Crippen LogP contribution in [0.1, 0.15) is 25.3 Å². The molecule has 0 fully saturated rings. The zero-order valence-corrected chi connectivity index (χ0v) is 10.6. The molecule has 5 heteroatoms. The first kappa shape index (κ1) is 11.8. The van der Waals surface area contributed by atoms with E-state index in [4.69, 9.17) is 0 Å². The van der Waals surface area contributed by atoms with E-state index in [1.165, 1.54) is 0 Å². The molecule has 1 N–H and O–H groups in total. The second kappa shape index (κ2) is 4.76. The number of nitrogens with zero attached hydrogens (tertiary/aromatic N) is 3. The standard InChI is InChI=1S/C14H14N4O/c1-2-6-10-11-12(18-17-10)14(19)16-13(15-11)9-7-4-3-5-8-9/h3-5,7-8,12,18H,2,6H2,1H3. The van der Waals surface area contributed by atoms with Crippen molar-refractivity contribution in [2.75, 3.05) is 0 Å². The Morgan fingerprint density at radius 3 is 2.74 bits per heavy atom. The predicted molar refractivity (Wildman–Crippen MR) is 74.7 cm³/mol. The van der Waals surface area contributed by atoms with Gasteiger partial charge in [-0.25, -0.2) is 4.99 Å². The summed E-state index contributed by atoms with van der Waals surface area (Å²) in [5.74, 6) is 0.253. The number of aliphatic imine (C=N–C) groups is 2. The second-order valence-electron chi connectivity index (χ2n) is 4.51. The Balaban J connectivity index is 1.98. The lowest BCUT2D eigenvalue weighted by molar-refractivity contribution is -0.118. The third-order valence-electron chi connectivity index (χ3n) is 3.11. The molecule has 96 valence electrons. The number of hydrazone groups is 1. The number of benzene rings is 1. The summed E-state index contributed by atoms with van der Waals surface area (Å²) >= 11 is 0. The van der Waals surface area contributed by atoms with Crippen molar-refractivity contribution in [2.24, 2.45) is 15.1 Å². The van der Waals surface area contributed by atoms with E-state index in [1.807, 2.05) is 30.3 Å². The van der Waals surface area contributed by atoms with E-state index in [0.717, 1.165) is 29.8 Å². The third kappa shape index (κ3) is 2.07. The molecule has 2 heterocycles. The fourth-order valence-electron chi connectivity index (χ4n) is 2.17. The summed E-state index contributed by atoms with van der Waals surface area (Å²) in [5.41, 5.74) is 5.26. The molecule has 2 aliphatic rings. The second-order valence-corrected chi connectivity index (χ2v) is 4.51. The number of carbonyl (C=O) groups excluding carboxylic acids is 1. The fraction of sp³-hybridized carbons (Fsp3) is 0.286. The molecule has 1 amide bonds. The summed E-state index contributed by atoms with van der Waals surface area (Å²) in [6.45, 7) is 2.08. The van der Waals surface area contributed by atoms with Gasteiger partial charge >= 0.3 is 0 Å². The molecule has 19 heavy (non-hydrogen) atoms. The summed E-state index contributed by atoms with van der Waals surface area (Å²) in [6, 6.07) is 9.04. The Morgan fingerprint density at radius 2 is 2.00 bits per heavy atom. The molecule has 1 unspecified atom stereocenters. The fourth-order valence-corrected chi connectivity index (χ4v) is 2.17. The molecular formula is C14H14N4O. The smallest absolute Gasteiger partial charge is 0.278 e. The highest BCUT2D eigenvalue weighted by Crippen LogP contribution is 2.15. The van der Waals surface area contributed by atoms with Crippen LogP contribution in [0.5, 0.6) is 0 Å². The predicted octanol–water partition coefficient (Wildman–Crippen LogP) is 1.54. The molecule has 0 bridgehead atoms. The van der Waals surface area contributed by atoms with Crippen molar-refractivity contribution in [3.63, 3.8) is 0 Å². The highest BCUT2D eigenvalue weighted by atomic mass is 16.2. The molecule has 0 radical (unpaired) electrons. The maximum Gasteiger partial charge on any atom is 0.278 e. The monoisotopic (exact) mass is 254 g/mol. The van der Waals surface area contributed by atoms with Crippen molar-refractivity contribution in [3.05, 3.63) is 35.9 Å². The lowest BCUT2D eigenvalue weighted by atomic mass is 10.0. The summed E-state index contributed by atoms with van der Waals surface area (Å²) < 4.78 is 0. The van der Waals surface area contributed by atoms with Crippen LogP contribution in [0.15, 0.2) is 45.4 Å². The normalized spacial score (nSPS) is 21.2. The van der Waals surface area contributed by atoms with Gasteiger partial charge in [0.15, 0.2) is 11.9 Å². The van der Waals surface area contributed by atoms with E-state index in [2.05, 4.69) is 27.4 Å². The van der Waals surface area contributed by atoms with E-state index in [-0.39, 0.29) is 5.91 Å².